The quantitative estimate of drug-likeness (QED) is 0.853. The van der Waals surface area contributed by atoms with Crippen LogP contribution in [0.5, 0.6) is 5.75 Å². The largest absolute Gasteiger partial charge is 0.508 e. The van der Waals surface area contributed by atoms with Crippen molar-refractivity contribution in [3.05, 3.63) is 54.3 Å². The van der Waals surface area contributed by atoms with Crippen LogP contribution in [0.1, 0.15) is 6.42 Å². The molecule has 2 amide bonds. The average molecular weight is 300 g/mol. The van der Waals surface area contributed by atoms with Crippen LogP contribution in [0.2, 0.25) is 0 Å². The van der Waals surface area contributed by atoms with Crippen LogP contribution in [0.3, 0.4) is 0 Å². The van der Waals surface area contributed by atoms with Crippen molar-refractivity contribution in [1.29, 1.82) is 0 Å². The number of phenolic OH excluding ortho intramolecular Hbond substituents is 1. The van der Waals surface area contributed by atoms with Gasteiger partial charge in [-0.3, -0.25) is 9.59 Å². The van der Waals surface area contributed by atoms with Gasteiger partial charge in [-0.25, -0.2) is 9.29 Å². The Morgan fingerprint density at radius 1 is 1.14 bits per heavy atom. The Labute approximate surface area is 126 Å². The molecule has 2 aromatic rings. The van der Waals surface area contributed by atoms with Gasteiger partial charge < -0.3 is 10.4 Å². The second kappa shape index (κ2) is 5.48. The van der Waals surface area contributed by atoms with Crippen LogP contribution in [0.25, 0.3) is 0 Å². The first-order chi connectivity index (χ1) is 10.5. The summed E-state index contributed by atoms with van der Waals surface area (Å²) in [5, 5.41) is 12.1. The van der Waals surface area contributed by atoms with Crippen molar-refractivity contribution in [1.82, 2.24) is 0 Å². The summed E-state index contributed by atoms with van der Waals surface area (Å²) in [6.45, 7) is 0. The molecule has 0 saturated carbocycles. The van der Waals surface area contributed by atoms with Crippen LogP contribution in [-0.4, -0.2) is 23.0 Å². The molecule has 0 spiro atoms. The van der Waals surface area contributed by atoms with E-state index in [4.69, 9.17) is 0 Å². The molecule has 1 heterocycles. The molecule has 0 bridgehead atoms. The van der Waals surface area contributed by atoms with Crippen molar-refractivity contribution in [2.24, 2.45) is 0 Å². The van der Waals surface area contributed by atoms with Gasteiger partial charge >= 0.3 is 0 Å². The summed E-state index contributed by atoms with van der Waals surface area (Å²) in [6, 6.07) is 10.8. The number of amides is 2. The fourth-order valence-corrected chi connectivity index (χ4v) is 2.40. The zero-order valence-electron chi connectivity index (χ0n) is 11.5. The van der Waals surface area contributed by atoms with E-state index in [1.807, 2.05) is 0 Å². The van der Waals surface area contributed by atoms with Crippen molar-refractivity contribution in [3.63, 3.8) is 0 Å². The van der Waals surface area contributed by atoms with Crippen molar-refractivity contribution in [2.45, 2.75) is 12.5 Å². The molecule has 1 saturated heterocycles. The summed E-state index contributed by atoms with van der Waals surface area (Å²) in [5.74, 6) is -1.11. The first-order valence-electron chi connectivity index (χ1n) is 6.72. The molecule has 0 radical (unpaired) electrons. The van der Waals surface area contributed by atoms with E-state index in [1.165, 1.54) is 42.5 Å². The summed E-state index contributed by atoms with van der Waals surface area (Å²) >= 11 is 0. The normalized spacial score (nSPS) is 17.9. The number of carbonyl (C=O) groups excluding carboxylic acids is 2. The molecule has 1 fully saturated rings. The first kappa shape index (κ1) is 14.1. The lowest BCUT2D eigenvalue weighted by atomic mass is 10.2. The van der Waals surface area contributed by atoms with Gasteiger partial charge in [0.2, 0.25) is 5.91 Å². The van der Waals surface area contributed by atoms with Crippen LogP contribution < -0.4 is 10.2 Å². The Morgan fingerprint density at radius 3 is 2.55 bits per heavy atom. The Balaban J connectivity index is 1.81. The third-order valence-electron chi connectivity index (χ3n) is 3.42. The standard InChI is InChI=1S/C16H13FN2O3/c17-10-2-1-3-11(8-10)18-14-9-15(21)19(16(14)22)12-4-6-13(20)7-5-12/h1-8,14,18,20H,9H2. The highest BCUT2D eigenvalue weighted by Crippen LogP contribution is 2.26. The van der Waals surface area contributed by atoms with Gasteiger partial charge in [-0.1, -0.05) is 6.07 Å². The second-order valence-electron chi connectivity index (χ2n) is 5.00. The van der Waals surface area contributed by atoms with Crippen LogP contribution in [0, 0.1) is 5.82 Å². The van der Waals surface area contributed by atoms with Crippen molar-refractivity contribution in [2.75, 3.05) is 10.2 Å². The minimum absolute atomic E-state index is 0.00375. The maximum Gasteiger partial charge on any atom is 0.256 e. The maximum atomic E-state index is 13.2. The average Bonchev–Trinajstić information content (AvgIpc) is 2.75. The molecule has 0 aliphatic carbocycles. The van der Waals surface area contributed by atoms with E-state index in [1.54, 1.807) is 6.07 Å². The molecule has 1 unspecified atom stereocenters. The third-order valence-corrected chi connectivity index (χ3v) is 3.42. The highest BCUT2D eigenvalue weighted by molar-refractivity contribution is 6.23. The number of benzene rings is 2. The topological polar surface area (TPSA) is 69.6 Å². The summed E-state index contributed by atoms with van der Waals surface area (Å²) in [4.78, 5) is 25.5. The van der Waals surface area contributed by atoms with Crippen molar-refractivity contribution in [3.8, 4) is 5.75 Å². The predicted molar refractivity (Wildman–Crippen MR) is 79.0 cm³/mol. The van der Waals surface area contributed by atoms with E-state index in [2.05, 4.69) is 5.32 Å². The van der Waals surface area contributed by atoms with Gasteiger partial charge in [0.1, 0.15) is 17.6 Å². The highest BCUT2D eigenvalue weighted by atomic mass is 19.1. The molecule has 5 nitrogen and oxygen atoms in total. The van der Waals surface area contributed by atoms with E-state index in [0.717, 1.165) is 4.90 Å². The summed E-state index contributed by atoms with van der Waals surface area (Å²) in [5.41, 5.74) is 0.843. The Bertz CT molecular complexity index is 730. The molecule has 2 aromatic carbocycles. The highest BCUT2D eigenvalue weighted by Gasteiger charge is 2.39. The Hall–Kier alpha value is -2.89. The van der Waals surface area contributed by atoms with Crippen LogP contribution in [0.4, 0.5) is 15.8 Å². The monoisotopic (exact) mass is 300 g/mol. The number of nitrogens with one attached hydrogen (secondary N) is 1. The van der Waals surface area contributed by atoms with Gasteiger partial charge in [-0.2, -0.15) is 0 Å². The number of hydrogen-bond acceptors (Lipinski definition) is 4. The number of carbonyl (C=O) groups is 2. The van der Waals surface area contributed by atoms with Gasteiger partial charge in [0.25, 0.3) is 5.91 Å². The molecule has 1 aliphatic rings. The van der Waals surface area contributed by atoms with Crippen LogP contribution in [-0.2, 0) is 9.59 Å². The van der Waals surface area contributed by atoms with Gasteiger partial charge in [-0.15, -0.1) is 0 Å². The minimum Gasteiger partial charge on any atom is -0.508 e. The summed E-state index contributed by atoms with van der Waals surface area (Å²) in [6.07, 6.45) is -0.00375. The first-order valence-corrected chi connectivity index (χ1v) is 6.72. The molecule has 112 valence electrons. The molecule has 3 rings (SSSR count). The van der Waals surface area contributed by atoms with Gasteiger partial charge in [0.05, 0.1) is 12.1 Å². The van der Waals surface area contributed by atoms with E-state index >= 15 is 0 Å². The van der Waals surface area contributed by atoms with Gasteiger partial charge in [0, 0.05) is 5.69 Å². The number of hydrogen-bond donors (Lipinski definition) is 2. The smallest absolute Gasteiger partial charge is 0.256 e. The minimum atomic E-state index is -0.733. The zero-order valence-corrected chi connectivity index (χ0v) is 11.5. The Kier molecular flexibility index (Phi) is 3.50. The lowest BCUT2D eigenvalue weighted by Gasteiger charge is -2.16. The number of nitrogens with zero attached hydrogens (tertiary/aromatic N) is 1. The number of rotatable bonds is 3. The Morgan fingerprint density at radius 2 is 1.86 bits per heavy atom. The maximum absolute atomic E-state index is 13.2. The van der Waals surface area contributed by atoms with E-state index in [9.17, 15) is 19.1 Å². The third kappa shape index (κ3) is 2.63. The van der Waals surface area contributed by atoms with Crippen LogP contribution in [0.15, 0.2) is 48.5 Å². The lowest BCUT2D eigenvalue weighted by Crippen LogP contribution is -2.34. The lowest BCUT2D eigenvalue weighted by molar-refractivity contribution is -0.121. The number of phenols is 1. The van der Waals surface area contributed by atoms with E-state index < -0.39 is 17.8 Å². The van der Waals surface area contributed by atoms with E-state index in [-0.39, 0.29) is 18.1 Å². The van der Waals surface area contributed by atoms with E-state index in [0.29, 0.717) is 11.4 Å². The SMILES string of the molecule is O=C1CC(Nc2cccc(F)c2)C(=O)N1c1ccc(O)cc1. The fraction of sp³-hybridized carbons (Fsp3) is 0.125. The molecule has 22 heavy (non-hydrogen) atoms. The molecule has 0 aromatic heterocycles. The number of aromatic hydroxyl groups is 1. The molecular formula is C16H13FN2O3. The van der Waals surface area contributed by atoms with Crippen LogP contribution >= 0.6 is 0 Å². The molecule has 1 aliphatic heterocycles. The predicted octanol–water partition coefficient (Wildman–Crippen LogP) is 2.28. The van der Waals surface area contributed by atoms with Gasteiger partial charge in [-0.05, 0) is 42.5 Å². The fourth-order valence-electron chi connectivity index (χ4n) is 2.40. The molecule has 2 N–H and O–H groups in total. The number of anilines is 2. The summed E-state index contributed by atoms with van der Waals surface area (Å²) in [7, 11) is 0. The van der Waals surface area contributed by atoms with Crippen molar-refractivity contribution < 1.29 is 19.1 Å². The second-order valence-corrected chi connectivity index (χ2v) is 5.00. The molecule has 6 heteroatoms. The number of imide groups is 1. The molecule has 1 atom stereocenters. The van der Waals surface area contributed by atoms with Crippen molar-refractivity contribution >= 4 is 23.2 Å². The zero-order chi connectivity index (χ0) is 15.7. The van der Waals surface area contributed by atoms with Gasteiger partial charge in [0.15, 0.2) is 0 Å². The molecular weight excluding hydrogens is 287 g/mol. The number of halogens is 1. The summed E-state index contributed by atoms with van der Waals surface area (Å²) < 4.78 is 13.2.